The summed E-state index contributed by atoms with van der Waals surface area (Å²) in [7, 11) is 0. The number of hydrogen-bond donors (Lipinski definition) is 2. The second-order valence-electron chi connectivity index (χ2n) is 7.58. The number of fused-ring (bicyclic) bond motifs is 3. The van der Waals surface area contributed by atoms with E-state index in [9.17, 15) is 10.2 Å². The monoisotopic (exact) mass is 483 g/mol. The molecule has 0 spiro atoms. The van der Waals surface area contributed by atoms with Gasteiger partial charge in [0.2, 0.25) is 0 Å². The number of benzene rings is 3. The van der Waals surface area contributed by atoms with Crippen LogP contribution in [0.3, 0.4) is 0 Å². The Bertz CT molecular complexity index is 961. The van der Waals surface area contributed by atoms with E-state index in [1.54, 1.807) is 0 Å². The van der Waals surface area contributed by atoms with Gasteiger partial charge >= 0.3 is 0 Å². The summed E-state index contributed by atoms with van der Waals surface area (Å²) in [5, 5.41) is 21.1. The summed E-state index contributed by atoms with van der Waals surface area (Å²) in [6.07, 6.45) is -0.564. The van der Waals surface area contributed by atoms with E-state index in [1.807, 2.05) is 6.07 Å². The second kappa shape index (κ2) is 6.95. The van der Waals surface area contributed by atoms with Crippen molar-refractivity contribution in [3.8, 4) is 11.1 Å². The van der Waals surface area contributed by atoms with Crippen LogP contribution in [-0.2, 0) is 5.54 Å². The largest absolute Gasteiger partial charge is 0.395 e. The molecule has 0 aromatic heterocycles. The van der Waals surface area contributed by atoms with Crippen LogP contribution >= 0.6 is 22.6 Å². The number of aliphatic hydroxyl groups excluding tert-OH is 2. The van der Waals surface area contributed by atoms with Crippen LogP contribution in [0.4, 0.5) is 0 Å². The van der Waals surface area contributed by atoms with Crippen LogP contribution in [0.2, 0.25) is 0 Å². The summed E-state index contributed by atoms with van der Waals surface area (Å²) < 4.78 is 0.0651. The zero-order valence-electron chi connectivity index (χ0n) is 15.4. The van der Waals surface area contributed by atoms with Crippen LogP contribution in [-0.4, -0.2) is 44.3 Å². The van der Waals surface area contributed by atoms with Gasteiger partial charge in [0.1, 0.15) is 0 Å². The minimum absolute atomic E-state index is 0.0651. The molecule has 2 aliphatic rings. The first-order valence-electron chi connectivity index (χ1n) is 9.64. The van der Waals surface area contributed by atoms with Gasteiger partial charge in [-0.3, -0.25) is 4.90 Å². The molecule has 0 radical (unpaired) electrons. The molecule has 0 saturated carbocycles. The normalized spacial score (nSPS) is 25.5. The molecule has 0 amide bonds. The molecule has 1 heterocycles. The number of aliphatic hydroxyl groups is 2. The van der Waals surface area contributed by atoms with Gasteiger partial charge in [-0.2, -0.15) is 0 Å². The molecule has 1 saturated heterocycles. The fraction of sp³-hybridized carbons (Fsp3) is 0.250. The number of alkyl halides is 1. The van der Waals surface area contributed by atoms with E-state index in [4.69, 9.17) is 0 Å². The maximum absolute atomic E-state index is 10.8. The van der Waals surface area contributed by atoms with E-state index < -0.39 is 11.6 Å². The van der Waals surface area contributed by atoms with Crippen LogP contribution in [0.1, 0.15) is 16.7 Å². The van der Waals surface area contributed by atoms with Crippen molar-refractivity contribution in [3.63, 3.8) is 0 Å². The third-order valence-electron chi connectivity index (χ3n) is 6.27. The van der Waals surface area contributed by atoms with Gasteiger partial charge in [-0.1, -0.05) is 101 Å². The molecular weight excluding hydrogens is 461 g/mol. The highest BCUT2D eigenvalue weighted by Gasteiger charge is 2.55. The average Bonchev–Trinajstić information content (AvgIpc) is 3.21. The molecule has 0 unspecified atom stereocenters. The van der Waals surface area contributed by atoms with Gasteiger partial charge in [0.05, 0.1) is 28.2 Å². The minimum atomic E-state index is -0.564. The van der Waals surface area contributed by atoms with Crippen LogP contribution in [0.5, 0.6) is 0 Å². The first-order chi connectivity index (χ1) is 13.7. The van der Waals surface area contributed by atoms with Crippen molar-refractivity contribution < 1.29 is 10.2 Å². The van der Waals surface area contributed by atoms with Crippen molar-refractivity contribution in [3.05, 3.63) is 95.6 Å². The highest BCUT2D eigenvalue weighted by molar-refractivity contribution is 14.1. The average molecular weight is 483 g/mol. The predicted octanol–water partition coefficient (Wildman–Crippen LogP) is 3.80. The third kappa shape index (κ3) is 2.38. The fourth-order valence-corrected chi connectivity index (χ4v) is 6.03. The third-order valence-corrected chi connectivity index (χ3v) is 7.40. The lowest BCUT2D eigenvalue weighted by Crippen LogP contribution is -2.52. The summed E-state index contributed by atoms with van der Waals surface area (Å²) in [4.78, 5) is 2.33. The quantitative estimate of drug-likeness (QED) is 0.440. The summed E-state index contributed by atoms with van der Waals surface area (Å²) in [6.45, 7) is 0.643. The van der Waals surface area contributed by atoms with E-state index in [0.717, 1.165) is 0 Å². The number of hydrogen-bond acceptors (Lipinski definition) is 3. The van der Waals surface area contributed by atoms with E-state index in [-0.39, 0.29) is 16.6 Å². The highest BCUT2D eigenvalue weighted by atomic mass is 127. The number of rotatable bonds is 3. The summed E-state index contributed by atoms with van der Waals surface area (Å²) in [5.41, 5.74) is 5.54. The number of halogens is 1. The maximum Gasteiger partial charge on any atom is 0.0989 e. The molecule has 0 bridgehead atoms. The molecule has 5 rings (SSSR count). The van der Waals surface area contributed by atoms with E-state index >= 15 is 0 Å². The topological polar surface area (TPSA) is 43.7 Å². The predicted molar refractivity (Wildman–Crippen MR) is 120 cm³/mol. The molecule has 28 heavy (non-hydrogen) atoms. The lowest BCUT2D eigenvalue weighted by atomic mass is 9.78. The first kappa shape index (κ1) is 18.3. The highest BCUT2D eigenvalue weighted by Crippen LogP contribution is 2.56. The maximum atomic E-state index is 10.8. The molecule has 3 aromatic rings. The number of likely N-dealkylation sites (tertiary alicyclic amines) is 1. The molecule has 3 nitrogen and oxygen atoms in total. The molecule has 1 aliphatic carbocycles. The standard InChI is InChI=1S/C24H22INO2/c25-21-14-26(22(15-27)23(21)28)24(16-8-2-1-3-9-16)19-12-6-4-10-17(19)18-11-5-7-13-20(18)24/h1-13,21-23,27-28H,14-15H2/t21-,22-,23+/m0/s1. The van der Waals surface area contributed by atoms with Gasteiger partial charge in [0, 0.05) is 6.54 Å². The van der Waals surface area contributed by atoms with Gasteiger partial charge < -0.3 is 10.2 Å². The Morgan fingerprint density at radius 3 is 1.96 bits per heavy atom. The molecular formula is C24H22INO2. The lowest BCUT2D eigenvalue weighted by molar-refractivity contribution is 0.0383. The van der Waals surface area contributed by atoms with Crippen LogP contribution < -0.4 is 0 Å². The molecule has 1 aliphatic heterocycles. The van der Waals surface area contributed by atoms with Crippen molar-refractivity contribution >= 4 is 22.6 Å². The Kier molecular flexibility index (Phi) is 4.55. The Morgan fingerprint density at radius 2 is 1.39 bits per heavy atom. The van der Waals surface area contributed by atoms with Crippen molar-refractivity contribution in [2.45, 2.75) is 21.6 Å². The molecule has 142 valence electrons. The van der Waals surface area contributed by atoms with Crippen molar-refractivity contribution in [2.75, 3.05) is 13.2 Å². The second-order valence-corrected chi connectivity index (χ2v) is 9.18. The van der Waals surface area contributed by atoms with E-state index in [0.29, 0.717) is 6.54 Å². The molecule has 3 aromatic carbocycles. The molecule has 2 N–H and O–H groups in total. The zero-order valence-corrected chi connectivity index (χ0v) is 17.5. The summed E-state index contributed by atoms with van der Waals surface area (Å²) >= 11 is 2.32. The molecule has 3 atom stereocenters. The first-order valence-corrected chi connectivity index (χ1v) is 10.9. The lowest BCUT2D eigenvalue weighted by Gasteiger charge is -2.44. The Labute approximate surface area is 178 Å². The van der Waals surface area contributed by atoms with Gasteiger partial charge in [-0.05, 0) is 27.8 Å². The number of nitrogens with zero attached hydrogens (tertiary/aromatic N) is 1. The van der Waals surface area contributed by atoms with Gasteiger partial charge in [-0.15, -0.1) is 0 Å². The van der Waals surface area contributed by atoms with Gasteiger partial charge in [0.15, 0.2) is 0 Å². The minimum Gasteiger partial charge on any atom is -0.395 e. The van der Waals surface area contributed by atoms with Gasteiger partial charge in [-0.25, -0.2) is 0 Å². The zero-order chi connectivity index (χ0) is 19.3. The molecule has 4 heteroatoms. The van der Waals surface area contributed by atoms with Crippen LogP contribution in [0.25, 0.3) is 11.1 Å². The molecule has 1 fully saturated rings. The van der Waals surface area contributed by atoms with E-state index in [1.165, 1.54) is 27.8 Å². The van der Waals surface area contributed by atoms with E-state index in [2.05, 4.69) is 100 Å². The van der Waals surface area contributed by atoms with Crippen molar-refractivity contribution in [2.24, 2.45) is 0 Å². The Morgan fingerprint density at radius 1 is 0.857 bits per heavy atom. The summed E-state index contributed by atoms with van der Waals surface area (Å²) in [6, 6.07) is 27.3. The van der Waals surface area contributed by atoms with Crippen molar-refractivity contribution in [1.29, 1.82) is 0 Å². The SMILES string of the molecule is OC[C@H]1[C@H](O)[C@@H](I)CN1C1(c2ccccc2)c2ccccc2-c2ccccc21. The Balaban J connectivity index is 1.87. The van der Waals surface area contributed by atoms with Crippen molar-refractivity contribution in [1.82, 2.24) is 4.90 Å². The van der Waals surface area contributed by atoms with Crippen LogP contribution in [0.15, 0.2) is 78.9 Å². The Hall–Kier alpha value is -1.73. The smallest absolute Gasteiger partial charge is 0.0989 e. The fourth-order valence-electron chi connectivity index (χ4n) is 5.13. The van der Waals surface area contributed by atoms with Gasteiger partial charge in [0.25, 0.3) is 0 Å². The van der Waals surface area contributed by atoms with Crippen LogP contribution in [0, 0.1) is 0 Å². The summed E-state index contributed by atoms with van der Waals surface area (Å²) in [5.74, 6) is 0.